The highest BCUT2D eigenvalue weighted by Crippen LogP contribution is 2.22. The number of fused-ring (bicyclic) bond motifs is 1. The van der Waals surface area contributed by atoms with Crippen LogP contribution in [-0.2, 0) is 23.1 Å². The molecule has 0 atom stereocenters. The molecule has 0 unspecified atom stereocenters. The first-order valence-corrected chi connectivity index (χ1v) is 5.98. The third-order valence-corrected chi connectivity index (χ3v) is 3.15. The van der Waals surface area contributed by atoms with Crippen molar-refractivity contribution < 1.29 is 18.3 Å². The molecule has 0 spiro atoms. The average Bonchev–Trinajstić information content (AvgIpc) is 2.56. The van der Waals surface area contributed by atoms with Crippen LogP contribution in [0.5, 0.6) is 0 Å². The molecule has 1 amide bonds. The van der Waals surface area contributed by atoms with E-state index in [-0.39, 0.29) is 13.1 Å². The third-order valence-electron chi connectivity index (χ3n) is 2.21. The Bertz CT molecular complexity index is 518. The summed E-state index contributed by atoms with van der Waals surface area (Å²) in [6.45, 7) is 0.262. The van der Waals surface area contributed by atoms with E-state index in [4.69, 9.17) is 5.11 Å². The fraction of sp³-hybridized carbons (Fsp3) is 0.429. The highest BCUT2D eigenvalue weighted by atomic mass is 32.2. The van der Waals surface area contributed by atoms with Crippen LogP contribution in [0.4, 0.5) is 4.79 Å². The zero-order valence-corrected chi connectivity index (χ0v) is 8.73. The van der Waals surface area contributed by atoms with Crippen LogP contribution >= 0.6 is 0 Å². The van der Waals surface area contributed by atoms with Crippen LogP contribution in [0.3, 0.4) is 0 Å². The molecule has 0 saturated carbocycles. The molecule has 15 heavy (non-hydrogen) atoms. The first-order chi connectivity index (χ1) is 6.89. The van der Waals surface area contributed by atoms with Crippen molar-refractivity contribution in [1.82, 2.24) is 14.1 Å². The molecule has 1 aliphatic heterocycles. The van der Waals surface area contributed by atoms with E-state index in [1.807, 2.05) is 0 Å². The monoisotopic (exact) mass is 231 g/mol. The SMILES string of the molecule is CS(=O)(=O)n1ncc2c1CN(C(=O)O)C2. The summed E-state index contributed by atoms with van der Waals surface area (Å²) in [6.07, 6.45) is 1.36. The minimum absolute atomic E-state index is 0.0672. The number of amides is 1. The molecule has 2 rings (SSSR count). The van der Waals surface area contributed by atoms with Gasteiger partial charge in [0.1, 0.15) is 0 Å². The summed E-state index contributed by atoms with van der Waals surface area (Å²) in [5, 5.41) is 12.5. The highest BCUT2D eigenvalue weighted by Gasteiger charge is 2.29. The van der Waals surface area contributed by atoms with Crippen LogP contribution < -0.4 is 0 Å². The van der Waals surface area contributed by atoms with Crippen molar-refractivity contribution in [3.8, 4) is 0 Å². The average molecular weight is 231 g/mol. The summed E-state index contributed by atoms with van der Waals surface area (Å²) in [6, 6.07) is 0. The first-order valence-electron chi connectivity index (χ1n) is 4.14. The van der Waals surface area contributed by atoms with Gasteiger partial charge in [-0.05, 0) is 0 Å². The Labute approximate surface area is 86.0 Å². The molecular weight excluding hydrogens is 222 g/mol. The summed E-state index contributed by atoms with van der Waals surface area (Å²) >= 11 is 0. The van der Waals surface area contributed by atoms with E-state index >= 15 is 0 Å². The van der Waals surface area contributed by atoms with Crippen molar-refractivity contribution in [3.63, 3.8) is 0 Å². The predicted octanol–water partition coefficient (Wildman–Crippen LogP) is -0.316. The van der Waals surface area contributed by atoms with Crippen molar-refractivity contribution in [2.45, 2.75) is 13.1 Å². The molecule has 1 aromatic rings. The molecule has 82 valence electrons. The van der Waals surface area contributed by atoms with Crippen LogP contribution in [0.25, 0.3) is 0 Å². The maximum Gasteiger partial charge on any atom is 0.407 e. The van der Waals surface area contributed by atoms with Gasteiger partial charge in [0.2, 0.25) is 0 Å². The maximum absolute atomic E-state index is 11.3. The van der Waals surface area contributed by atoms with E-state index in [2.05, 4.69) is 5.10 Å². The van der Waals surface area contributed by atoms with Crippen molar-refractivity contribution in [2.75, 3.05) is 6.26 Å². The van der Waals surface area contributed by atoms with E-state index in [0.29, 0.717) is 11.3 Å². The molecule has 0 fully saturated rings. The fourth-order valence-corrected chi connectivity index (χ4v) is 2.34. The van der Waals surface area contributed by atoms with Crippen LogP contribution in [0.1, 0.15) is 11.3 Å². The minimum Gasteiger partial charge on any atom is -0.465 e. The second-order valence-electron chi connectivity index (χ2n) is 3.36. The Morgan fingerprint density at radius 3 is 2.73 bits per heavy atom. The molecule has 0 saturated heterocycles. The topological polar surface area (TPSA) is 92.5 Å². The molecular formula is C7H9N3O4S. The van der Waals surface area contributed by atoms with Crippen molar-refractivity contribution in [3.05, 3.63) is 17.5 Å². The molecule has 7 nitrogen and oxygen atoms in total. The predicted molar refractivity (Wildman–Crippen MR) is 49.7 cm³/mol. The third kappa shape index (κ3) is 1.56. The normalized spacial score (nSPS) is 15.4. The van der Waals surface area contributed by atoms with Crippen molar-refractivity contribution in [1.29, 1.82) is 0 Å². The van der Waals surface area contributed by atoms with Gasteiger partial charge in [-0.1, -0.05) is 0 Å². The molecule has 0 bridgehead atoms. The molecule has 1 N–H and O–H groups in total. The summed E-state index contributed by atoms with van der Waals surface area (Å²) in [5.41, 5.74) is 1.07. The van der Waals surface area contributed by atoms with E-state index in [1.54, 1.807) is 0 Å². The lowest BCUT2D eigenvalue weighted by Crippen LogP contribution is -2.25. The van der Waals surface area contributed by atoms with E-state index < -0.39 is 16.1 Å². The number of rotatable bonds is 1. The van der Waals surface area contributed by atoms with Gasteiger partial charge in [0.25, 0.3) is 10.0 Å². The van der Waals surface area contributed by atoms with Gasteiger partial charge in [-0.3, -0.25) is 4.90 Å². The smallest absolute Gasteiger partial charge is 0.407 e. The Morgan fingerprint density at radius 1 is 1.53 bits per heavy atom. The number of nitrogens with zero attached hydrogens (tertiary/aromatic N) is 3. The minimum atomic E-state index is -3.45. The van der Waals surface area contributed by atoms with E-state index in [1.165, 1.54) is 6.20 Å². The number of hydrogen-bond acceptors (Lipinski definition) is 4. The van der Waals surface area contributed by atoms with Gasteiger partial charge >= 0.3 is 6.09 Å². The summed E-state index contributed by atoms with van der Waals surface area (Å²) < 4.78 is 23.4. The van der Waals surface area contributed by atoms with Crippen LogP contribution in [0, 0.1) is 0 Å². The number of carbonyl (C=O) groups is 1. The quantitative estimate of drug-likeness (QED) is 0.715. The lowest BCUT2D eigenvalue weighted by molar-refractivity contribution is 0.144. The number of carboxylic acid groups (broad SMARTS) is 1. The van der Waals surface area contributed by atoms with Crippen molar-refractivity contribution in [2.24, 2.45) is 0 Å². The Kier molecular flexibility index (Phi) is 1.97. The van der Waals surface area contributed by atoms with Gasteiger partial charge in [0.05, 0.1) is 31.2 Å². The second kappa shape index (κ2) is 2.96. The molecule has 1 aromatic heterocycles. The zero-order chi connectivity index (χ0) is 11.2. The molecule has 2 heterocycles. The molecule has 1 aliphatic rings. The number of hydrogen-bond donors (Lipinski definition) is 1. The maximum atomic E-state index is 11.3. The van der Waals surface area contributed by atoms with E-state index in [0.717, 1.165) is 15.2 Å². The largest absolute Gasteiger partial charge is 0.465 e. The van der Waals surface area contributed by atoms with Crippen LogP contribution in [-0.4, -0.2) is 40.0 Å². The lowest BCUT2D eigenvalue weighted by atomic mass is 10.3. The molecule has 0 aliphatic carbocycles. The fourth-order valence-electron chi connectivity index (χ4n) is 1.55. The van der Waals surface area contributed by atoms with Gasteiger partial charge < -0.3 is 5.11 Å². The summed E-state index contributed by atoms with van der Waals surface area (Å²) in [7, 11) is -3.45. The highest BCUT2D eigenvalue weighted by molar-refractivity contribution is 7.89. The van der Waals surface area contributed by atoms with Crippen molar-refractivity contribution >= 4 is 16.1 Å². The molecule has 0 aromatic carbocycles. The van der Waals surface area contributed by atoms with Gasteiger partial charge in [-0.25, -0.2) is 13.2 Å². The van der Waals surface area contributed by atoms with Crippen LogP contribution in [0.15, 0.2) is 6.20 Å². The summed E-state index contributed by atoms with van der Waals surface area (Å²) in [5.74, 6) is 0. The van der Waals surface area contributed by atoms with Gasteiger partial charge in [-0.2, -0.15) is 9.19 Å². The number of aromatic nitrogens is 2. The zero-order valence-electron chi connectivity index (χ0n) is 7.91. The van der Waals surface area contributed by atoms with Gasteiger partial charge in [0, 0.05) is 5.56 Å². The molecule has 8 heteroatoms. The Hall–Kier alpha value is -1.57. The van der Waals surface area contributed by atoms with Gasteiger partial charge in [-0.15, -0.1) is 0 Å². The lowest BCUT2D eigenvalue weighted by Gasteiger charge is -2.10. The second-order valence-corrected chi connectivity index (χ2v) is 5.17. The van der Waals surface area contributed by atoms with E-state index in [9.17, 15) is 13.2 Å². The van der Waals surface area contributed by atoms with Gasteiger partial charge in [0.15, 0.2) is 0 Å². The first kappa shape index (κ1) is 9.97. The Balaban J connectivity index is 2.42. The summed E-state index contributed by atoms with van der Waals surface area (Å²) in [4.78, 5) is 11.8. The standard InChI is InChI=1S/C7H9N3O4S/c1-15(13,14)10-6-4-9(7(11)12)3-5(6)2-8-10/h2H,3-4H2,1H3,(H,11,12). The van der Waals surface area contributed by atoms with Crippen LogP contribution in [0.2, 0.25) is 0 Å². The Morgan fingerprint density at radius 2 is 2.20 bits per heavy atom. The molecule has 0 radical (unpaired) electrons.